The summed E-state index contributed by atoms with van der Waals surface area (Å²) in [6, 6.07) is 3.20. The van der Waals surface area contributed by atoms with Crippen LogP contribution in [0.5, 0.6) is 0 Å². The average Bonchev–Trinajstić information content (AvgIpc) is 2.35. The molecule has 0 saturated carbocycles. The van der Waals surface area contributed by atoms with Crippen LogP contribution in [0.4, 0.5) is 5.82 Å². The molecule has 1 rings (SSSR count). The Bertz CT molecular complexity index is 463. The van der Waals surface area contributed by atoms with E-state index in [1.54, 1.807) is 12.1 Å². The third-order valence-corrected chi connectivity index (χ3v) is 2.61. The summed E-state index contributed by atoms with van der Waals surface area (Å²) in [6.07, 6.45) is 6.99. The van der Waals surface area contributed by atoms with Crippen molar-refractivity contribution in [2.75, 3.05) is 18.0 Å². The van der Waals surface area contributed by atoms with Crippen molar-refractivity contribution in [3.05, 3.63) is 23.4 Å². The number of carbonyl (C=O) groups is 1. The van der Waals surface area contributed by atoms with Gasteiger partial charge in [0.05, 0.1) is 12.1 Å². The van der Waals surface area contributed by atoms with Crippen molar-refractivity contribution in [3.8, 4) is 12.3 Å². The number of rotatable bonds is 6. The van der Waals surface area contributed by atoms with Crippen LogP contribution in [0.3, 0.4) is 0 Å². The maximum Gasteiger partial charge on any atom is 0.335 e. The van der Waals surface area contributed by atoms with E-state index in [-0.39, 0.29) is 5.56 Å². The Balaban J connectivity index is 3.17. The maximum atomic E-state index is 11.1. The SMILES string of the molecule is C#CCN(CC)c1cc(C(=O)O)cc(CCC)n1. The van der Waals surface area contributed by atoms with Crippen molar-refractivity contribution in [2.45, 2.75) is 26.7 Å². The molecule has 0 amide bonds. The van der Waals surface area contributed by atoms with Crippen LogP contribution < -0.4 is 4.90 Å². The molecule has 96 valence electrons. The number of hydrogen-bond acceptors (Lipinski definition) is 3. The Kier molecular flexibility index (Phi) is 5.19. The van der Waals surface area contributed by atoms with Gasteiger partial charge in [-0.3, -0.25) is 0 Å². The molecule has 4 heteroatoms. The topological polar surface area (TPSA) is 53.4 Å². The lowest BCUT2D eigenvalue weighted by Crippen LogP contribution is -2.24. The van der Waals surface area contributed by atoms with Crippen LogP contribution in [-0.2, 0) is 6.42 Å². The van der Waals surface area contributed by atoms with Gasteiger partial charge in [-0.15, -0.1) is 6.42 Å². The van der Waals surface area contributed by atoms with Gasteiger partial charge in [0, 0.05) is 12.2 Å². The van der Waals surface area contributed by atoms with Crippen LogP contribution >= 0.6 is 0 Å². The fourth-order valence-electron chi connectivity index (χ4n) is 1.71. The normalized spacial score (nSPS) is 9.83. The first kappa shape index (κ1) is 14.0. The lowest BCUT2D eigenvalue weighted by atomic mass is 10.1. The van der Waals surface area contributed by atoms with Gasteiger partial charge in [-0.25, -0.2) is 9.78 Å². The minimum atomic E-state index is -0.937. The highest BCUT2D eigenvalue weighted by Gasteiger charge is 2.11. The number of hydrogen-bond donors (Lipinski definition) is 1. The molecule has 18 heavy (non-hydrogen) atoms. The Labute approximate surface area is 108 Å². The van der Waals surface area contributed by atoms with Crippen molar-refractivity contribution in [1.82, 2.24) is 4.98 Å². The standard InChI is InChI=1S/C14H18N2O2/c1-4-7-12-9-11(14(17)18)10-13(15-12)16(6-3)8-5-2/h2,9-10H,4,6-8H2,1,3H3,(H,17,18). The fraction of sp³-hybridized carbons (Fsp3) is 0.429. The molecule has 0 spiro atoms. The zero-order valence-electron chi connectivity index (χ0n) is 10.8. The van der Waals surface area contributed by atoms with Gasteiger partial charge in [0.1, 0.15) is 5.82 Å². The van der Waals surface area contributed by atoms with Crippen LogP contribution in [-0.4, -0.2) is 29.1 Å². The highest BCUT2D eigenvalue weighted by atomic mass is 16.4. The third-order valence-electron chi connectivity index (χ3n) is 2.61. The van der Waals surface area contributed by atoms with E-state index in [1.165, 1.54) is 0 Å². The largest absolute Gasteiger partial charge is 0.478 e. The summed E-state index contributed by atoms with van der Waals surface area (Å²) in [5.41, 5.74) is 1.06. The molecule has 4 nitrogen and oxygen atoms in total. The number of aromatic nitrogens is 1. The van der Waals surface area contributed by atoms with E-state index in [9.17, 15) is 4.79 Å². The van der Waals surface area contributed by atoms with Crippen molar-refractivity contribution < 1.29 is 9.90 Å². The highest BCUT2D eigenvalue weighted by molar-refractivity contribution is 5.88. The summed E-state index contributed by atoms with van der Waals surface area (Å²) >= 11 is 0. The van der Waals surface area contributed by atoms with E-state index >= 15 is 0 Å². The van der Waals surface area contributed by atoms with Crippen LogP contribution in [0.15, 0.2) is 12.1 Å². The molecule has 0 fully saturated rings. The van der Waals surface area contributed by atoms with Crippen LogP contribution in [0.25, 0.3) is 0 Å². The lowest BCUT2D eigenvalue weighted by molar-refractivity contribution is 0.0696. The van der Waals surface area contributed by atoms with E-state index in [1.807, 2.05) is 18.7 Å². The van der Waals surface area contributed by atoms with Gasteiger partial charge in [-0.05, 0) is 25.5 Å². The highest BCUT2D eigenvalue weighted by Crippen LogP contribution is 2.16. The van der Waals surface area contributed by atoms with Crippen molar-refractivity contribution in [3.63, 3.8) is 0 Å². The van der Waals surface area contributed by atoms with Gasteiger partial charge < -0.3 is 10.0 Å². The maximum absolute atomic E-state index is 11.1. The summed E-state index contributed by atoms with van der Waals surface area (Å²) in [6.45, 7) is 5.13. The summed E-state index contributed by atoms with van der Waals surface area (Å²) in [5, 5.41) is 9.10. The zero-order valence-corrected chi connectivity index (χ0v) is 10.8. The van der Waals surface area contributed by atoms with Crippen molar-refractivity contribution in [2.24, 2.45) is 0 Å². The predicted molar refractivity (Wildman–Crippen MR) is 71.9 cm³/mol. The van der Waals surface area contributed by atoms with Gasteiger partial charge in [-0.2, -0.15) is 0 Å². The Morgan fingerprint density at radius 3 is 2.72 bits per heavy atom. The van der Waals surface area contributed by atoms with Crippen molar-refractivity contribution in [1.29, 1.82) is 0 Å². The summed E-state index contributed by atoms with van der Waals surface area (Å²) in [5.74, 6) is 2.26. The molecular weight excluding hydrogens is 228 g/mol. The van der Waals surface area contributed by atoms with Gasteiger partial charge >= 0.3 is 5.97 Å². The molecule has 0 saturated heterocycles. The molecular formula is C14H18N2O2. The molecule has 0 atom stereocenters. The predicted octanol–water partition coefficient (Wildman–Crippen LogP) is 2.19. The number of carboxylic acids is 1. The fourth-order valence-corrected chi connectivity index (χ4v) is 1.71. The van der Waals surface area contributed by atoms with Gasteiger partial charge in [0.15, 0.2) is 0 Å². The molecule has 0 aliphatic heterocycles. The third kappa shape index (κ3) is 3.49. The number of aromatic carboxylic acids is 1. The van der Waals surface area contributed by atoms with Gasteiger partial charge in [0.2, 0.25) is 0 Å². The second kappa shape index (κ2) is 6.65. The van der Waals surface area contributed by atoms with E-state index < -0.39 is 5.97 Å². The molecule has 0 aliphatic carbocycles. The monoisotopic (exact) mass is 246 g/mol. The van der Waals surface area contributed by atoms with Crippen LogP contribution in [0, 0.1) is 12.3 Å². The molecule has 1 heterocycles. The number of terminal acetylenes is 1. The van der Waals surface area contributed by atoms with E-state index in [0.29, 0.717) is 18.9 Å². The minimum Gasteiger partial charge on any atom is -0.478 e. The van der Waals surface area contributed by atoms with E-state index in [4.69, 9.17) is 11.5 Å². The van der Waals surface area contributed by atoms with Crippen LogP contribution in [0.2, 0.25) is 0 Å². The first-order chi connectivity index (χ1) is 8.62. The number of aryl methyl sites for hydroxylation is 1. The summed E-state index contributed by atoms with van der Waals surface area (Å²) in [4.78, 5) is 17.4. The van der Waals surface area contributed by atoms with E-state index in [0.717, 1.165) is 18.5 Å². The number of anilines is 1. The first-order valence-electron chi connectivity index (χ1n) is 6.05. The number of nitrogens with zero attached hydrogens (tertiary/aromatic N) is 2. The smallest absolute Gasteiger partial charge is 0.335 e. The van der Waals surface area contributed by atoms with Gasteiger partial charge in [0.25, 0.3) is 0 Å². The quantitative estimate of drug-likeness (QED) is 0.782. The molecule has 0 bridgehead atoms. The second-order valence-corrected chi connectivity index (χ2v) is 3.98. The van der Waals surface area contributed by atoms with Crippen LogP contribution in [0.1, 0.15) is 36.3 Å². The molecule has 1 N–H and O–H groups in total. The second-order valence-electron chi connectivity index (χ2n) is 3.98. The molecule has 0 aliphatic rings. The first-order valence-corrected chi connectivity index (χ1v) is 6.05. The average molecular weight is 246 g/mol. The molecule has 0 aromatic carbocycles. The zero-order chi connectivity index (χ0) is 13.5. The van der Waals surface area contributed by atoms with Gasteiger partial charge in [-0.1, -0.05) is 19.3 Å². The van der Waals surface area contributed by atoms with Crippen molar-refractivity contribution >= 4 is 11.8 Å². The minimum absolute atomic E-state index is 0.263. The molecule has 0 radical (unpaired) electrons. The lowest BCUT2D eigenvalue weighted by Gasteiger charge is -2.20. The Morgan fingerprint density at radius 1 is 1.50 bits per heavy atom. The molecule has 1 aromatic rings. The molecule has 0 unspecified atom stereocenters. The molecule has 1 aromatic heterocycles. The number of pyridine rings is 1. The Hall–Kier alpha value is -2.02. The Morgan fingerprint density at radius 2 is 2.22 bits per heavy atom. The number of carboxylic acid groups (broad SMARTS) is 1. The summed E-state index contributed by atoms with van der Waals surface area (Å²) < 4.78 is 0. The summed E-state index contributed by atoms with van der Waals surface area (Å²) in [7, 11) is 0. The van der Waals surface area contributed by atoms with E-state index in [2.05, 4.69) is 10.9 Å².